The molecule has 5 nitrogen and oxygen atoms in total. The van der Waals surface area contributed by atoms with Crippen molar-refractivity contribution >= 4 is 10.0 Å². The zero-order chi connectivity index (χ0) is 15.0. The van der Waals surface area contributed by atoms with E-state index in [4.69, 9.17) is 4.42 Å². The van der Waals surface area contributed by atoms with Crippen molar-refractivity contribution in [1.29, 1.82) is 0 Å². The third-order valence-corrected chi connectivity index (χ3v) is 6.49. The van der Waals surface area contributed by atoms with Crippen LogP contribution in [0.4, 0.5) is 0 Å². The Labute approximate surface area is 126 Å². The van der Waals surface area contributed by atoms with Crippen molar-refractivity contribution in [2.45, 2.75) is 50.3 Å². The molecule has 2 N–H and O–H groups in total. The molecule has 4 atom stereocenters. The summed E-state index contributed by atoms with van der Waals surface area (Å²) in [6, 6.07) is 3.69. The molecule has 1 aromatic rings. The molecule has 3 rings (SSSR count). The molecule has 6 heteroatoms. The fourth-order valence-electron chi connectivity index (χ4n) is 4.02. The third-order valence-electron chi connectivity index (χ3n) is 5.20. The molecular weight excluding hydrogens is 288 g/mol. The second-order valence-electron chi connectivity index (χ2n) is 6.44. The number of hydrogen-bond acceptors (Lipinski definition) is 4. The lowest BCUT2D eigenvalue weighted by molar-refractivity contribution is 0.253. The van der Waals surface area contributed by atoms with Gasteiger partial charge in [-0.1, -0.05) is 6.42 Å². The van der Waals surface area contributed by atoms with E-state index in [2.05, 4.69) is 17.0 Å². The number of rotatable bonds is 6. The van der Waals surface area contributed by atoms with Gasteiger partial charge >= 0.3 is 0 Å². The van der Waals surface area contributed by atoms with Gasteiger partial charge in [-0.15, -0.1) is 0 Å². The minimum Gasteiger partial charge on any atom is -0.447 e. The van der Waals surface area contributed by atoms with Crippen molar-refractivity contribution in [3.63, 3.8) is 0 Å². The summed E-state index contributed by atoms with van der Waals surface area (Å²) in [5.74, 6) is 3.26. The Kier molecular flexibility index (Phi) is 4.12. The van der Waals surface area contributed by atoms with Crippen LogP contribution < -0.4 is 10.0 Å². The maximum atomic E-state index is 11.6. The highest BCUT2D eigenvalue weighted by Gasteiger charge is 2.41. The molecule has 0 saturated heterocycles. The van der Waals surface area contributed by atoms with E-state index in [1.54, 1.807) is 6.07 Å². The van der Waals surface area contributed by atoms with Gasteiger partial charge in [0.2, 0.25) is 5.09 Å². The summed E-state index contributed by atoms with van der Waals surface area (Å²) in [7, 11) is -2.10. The molecule has 4 unspecified atom stereocenters. The lowest BCUT2D eigenvalue weighted by Crippen LogP contribution is -2.35. The van der Waals surface area contributed by atoms with Crippen LogP contribution in [0, 0.1) is 17.8 Å². The minimum atomic E-state index is -3.48. The van der Waals surface area contributed by atoms with E-state index >= 15 is 0 Å². The zero-order valence-corrected chi connectivity index (χ0v) is 13.4. The van der Waals surface area contributed by atoms with Gasteiger partial charge < -0.3 is 9.73 Å². The van der Waals surface area contributed by atoms with Gasteiger partial charge in [0.15, 0.2) is 0 Å². The summed E-state index contributed by atoms with van der Waals surface area (Å²) in [5.41, 5.74) is 0. The first-order valence-electron chi connectivity index (χ1n) is 7.75. The molecule has 0 amide bonds. The second-order valence-corrected chi connectivity index (χ2v) is 8.25. The molecule has 2 saturated carbocycles. The van der Waals surface area contributed by atoms with Crippen molar-refractivity contribution in [3.8, 4) is 0 Å². The average molecular weight is 312 g/mol. The van der Waals surface area contributed by atoms with Gasteiger partial charge in [0.25, 0.3) is 10.0 Å². The SMILES string of the molecule is CNS(=O)(=O)c1ccc(CNC(C)C2CC3CCC2C3)o1. The Bertz CT molecular complexity index is 596. The number of hydrogen-bond donors (Lipinski definition) is 2. The maximum Gasteiger partial charge on any atom is 0.273 e. The highest BCUT2D eigenvalue weighted by atomic mass is 32.2. The summed E-state index contributed by atoms with van der Waals surface area (Å²) in [6.07, 6.45) is 5.54. The second kappa shape index (κ2) is 5.74. The quantitative estimate of drug-likeness (QED) is 0.844. The van der Waals surface area contributed by atoms with E-state index in [1.807, 2.05) is 0 Å². The van der Waals surface area contributed by atoms with Gasteiger partial charge in [0, 0.05) is 6.04 Å². The van der Waals surface area contributed by atoms with Crippen LogP contribution in [0.3, 0.4) is 0 Å². The van der Waals surface area contributed by atoms with Crippen LogP contribution in [0.15, 0.2) is 21.6 Å². The fourth-order valence-corrected chi connectivity index (χ4v) is 4.68. The summed E-state index contributed by atoms with van der Waals surface area (Å²) >= 11 is 0. The summed E-state index contributed by atoms with van der Waals surface area (Å²) in [5, 5.41) is 3.48. The minimum absolute atomic E-state index is 0.0191. The molecule has 1 heterocycles. The largest absolute Gasteiger partial charge is 0.447 e. The average Bonchev–Trinajstić information content (AvgIpc) is 3.20. The van der Waals surface area contributed by atoms with Crippen molar-refractivity contribution in [2.24, 2.45) is 17.8 Å². The van der Waals surface area contributed by atoms with E-state index in [0.29, 0.717) is 18.3 Å². The maximum absolute atomic E-state index is 11.6. The highest BCUT2D eigenvalue weighted by Crippen LogP contribution is 2.49. The molecule has 2 aliphatic carbocycles. The number of sulfonamides is 1. The Hall–Kier alpha value is -0.850. The predicted octanol–water partition coefficient (Wildman–Crippen LogP) is 2.10. The molecular formula is C15H24N2O3S. The van der Waals surface area contributed by atoms with E-state index in [0.717, 1.165) is 17.8 Å². The Morgan fingerprint density at radius 3 is 2.76 bits per heavy atom. The van der Waals surface area contributed by atoms with Crippen LogP contribution in [0.1, 0.15) is 38.4 Å². The Morgan fingerprint density at radius 1 is 1.33 bits per heavy atom. The molecule has 2 fully saturated rings. The smallest absolute Gasteiger partial charge is 0.273 e. The Morgan fingerprint density at radius 2 is 2.14 bits per heavy atom. The summed E-state index contributed by atoms with van der Waals surface area (Å²) < 4.78 is 30.9. The highest BCUT2D eigenvalue weighted by molar-refractivity contribution is 7.89. The number of fused-ring (bicyclic) bond motifs is 2. The van der Waals surface area contributed by atoms with Crippen molar-refractivity contribution in [1.82, 2.24) is 10.0 Å². The van der Waals surface area contributed by atoms with Gasteiger partial charge in [-0.3, -0.25) is 0 Å². The lowest BCUT2D eigenvalue weighted by atomic mass is 9.84. The van der Waals surface area contributed by atoms with E-state index in [-0.39, 0.29) is 5.09 Å². The van der Waals surface area contributed by atoms with Gasteiger partial charge in [0.05, 0.1) is 6.54 Å². The molecule has 0 spiro atoms. The molecule has 2 bridgehead atoms. The number of furan rings is 1. The van der Waals surface area contributed by atoms with Crippen molar-refractivity contribution in [2.75, 3.05) is 7.05 Å². The summed E-state index contributed by atoms with van der Waals surface area (Å²) in [6.45, 7) is 2.81. The van der Waals surface area contributed by atoms with Gasteiger partial charge in [-0.05, 0) is 63.1 Å². The molecule has 0 aromatic carbocycles. The fraction of sp³-hybridized carbons (Fsp3) is 0.733. The van der Waals surface area contributed by atoms with Crippen LogP contribution in [0.5, 0.6) is 0 Å². The van der Waals surface area contributed by atoms with Crippen LogP contribution in [-0.4, -0.2) is 21.5 Å². The van der Waals surface area contributed by atoms with Crippen LogP contribution in [-0.2, 0) is 16.6 Å². The molecule has 2 aliphatic rings. The molecule has 0 aliphatic heterocycles. The predicted molar refractivity (Wildman–Crippen MR) is 80.2 cm³/mol. The van der Waals surface area contributed by atoms with Gasteiger partial charge in [-0.25, -0.2) is 13.1 Å². The van der Waals surface area contributed by atoms with Crippen LogP contribution in [0.2, 0.25) is 0 Å². The normalized spacial score (nSPS) is 29.9. The first-order valence-corrected chi connectivity index (χ1v) is 9.23. The topological polar surface area (TPSA) is 71.3 Å². The number of nitrogens with one attached hydrogen (secondary N) is 2. The standard InChI is InChI=1S/C15H24N2O3S/c1-10(14-8-11-3-4-12(14)7-11)17-9-13-5-6-15(20-13)21(18,19)16-2/h5-6,10-12,14,16-17H,3-4,7-9H2,1-2H3. The first-order chi connectivity index (χ1) is 9.99. The Balaban J connectivity index is 1.56. The van der Waals surface area contributed by atoms with E-state index in [1.165, 1.54) is 38.8 Å². The van der Waals surface area contributed by atoms with Gasteiger partial charge in [0.1, 0.15) is 5.76 Å². The van der Waals surface area contributed by atoms with Crippen LogP contribution >= 0.6 is 0 Å². The molecule has 118 valence electrons. The van der Waals surface area contributed by atoms with E-state index < -0.39 is 10.0 Å². The van der Waals surface area contributed by atoms with Crippen LogP contribution in [0.25, 0.3) is 0 Å². The first kappa shape index (κ1) is 15.1. The zero-order valence-electron chi connectivity index (χ0n) is 12.6. The third kappa shape index (κ3) is 3.03. The monoisotopic (exact) mass is 312 g/mol. The molecule has 0 radical (unpaired) electrons. The summed E-state index contributed by atoms with van der Waals surface area (Å²) in [4.78, 5) is 0. The van der Waals surface area contributed by atoms with E-state index in [9.17, 15) is 8.42 Å². The van der Waals surface area contributed by atoms with Gasteiger partial charge in [-0.2, -0.15) is 0 Å². The molecule has 1 aromatic heterocycles. The molecule has 21 heavy (non-hydrogen) atoms. The van der Waals surface area contributed by atoms with Crippen molar-refractivity contribution < 1.29 is 12.8 Å². The van der Waals surface area contributed by atoms with Crippen molar-refractivity contribution in [3.05, 3.63) is 17.9 Å². The lowest BCUT2D eigenvalue weighted by Gasteiger charge is -2.28.